The molecule has 0 atom stereocenters. The molecule has 1 aromatic rings. The van der Waals surface area contributed by atoms with Gasteiger partial charge < -0.3 is 20.5 Å². The topological polar surface area (TPSA) is 73.6 Å². The first kappa shape index (κ1) is 16.3. The van der Waals surface area contributed by atoms with Crippen molar-refractivity contribution in [2.45, 2.75) is 6.42 Å². The molecule has 0 aromatic heterocycles. The lowest BCUT2D eigenvalue weighted by Crippen LogP contribution is -2.27. The van der Waals surface area contributed by atoms with Crippen molar-refractivity contribution in [3.8, 4) is 0 Å². The van der Waals surface area contributed by atoms with Crippen molar-refractivity contribution in [1.82, 2.24) is 5.32 Å². The van der Waals surface area contributed by atoms with E-state index in [0.717, 1.165) is 12.1 Å². The van der Waals surface area contributed by atoms with E-state index in [1.54, 1.807) is 7.11 Å². The summed E-state index contributed by atoms with van der Waals surface area (Å²) >= 11 is 0. The number of methoxy groups -OCH3 is 1. The van der Waals surface area contributed by atoms with E-state index in [4.69, 9.17) is 15.2 Å². The zero-order valence-corrected chi connectivity index (χ0v) is 11.2. The number of halogens is 2. The van der Waals surface area contributed by atoms with E-state index in [1.807, 2.05) is 0 Å². The second-order valence-electron chi connectivity index (χ2n) is 4.04. The van der Waals surface area contributed by atoms with Gasteiger partial charge in [-0.3, -0.25) is 4.79 Å². The summed E-state index contributed by atoms with van der Waals surface area (Å²) in [5.74, 6) is -2.81. The molecule has 0 aliphatic rings. The molecule has 0 aliphatic heterocycles. The first-order chi connectivity index (χ1) is 9.57. The minimum absolute atomic E-state index is 0.249. The second-order valence-corrected chi connectivity index (χ2v) is 4.04. The molecule has 0 saturated heterocycles. The predicted octanol–water partition coefficient (Wildman–Crippen LogP) is 1.33. The molecule has 0 aliphatic carbocycles. The number of rotatable bonds is 8. The molecule has 1 rings (SSSR count). The Kier molecular flexibility index (Phi) is 6.89. The molecule has 20 heavy (non-hydrogen) atoms. The van der Waals surface area contributed by atoms with Crippen molar-refractivity contribution >= 4 is 11.6 Å². The third kappa shape index (κ3) is 4.75. The lowest BCUT2D eigenvalue weighted by molar-refractivity contribution is 0.0688. The van der Waals surface area contributed by atoms with E-state index < -0.39 is 23.1 Å². The minimum atomic E-state index is -1.04. The third-order valence-electron chi connectivity index (χ3n) is 2.53. The Hall–Kier alpha value is -1.73. The number of carbonyl (C=O) groups excluding carboxylic acids is 1. The van der Waals surface area contributed by atoms with Crippen LogP contribution in [-0.2, 0) is 9.47 Å². The third-order valence-corrected chi connectivity index (χ3v) is 2.53. The van der Waals surface area contributed by atoms with Gasteiger partial charge in [0.05, 0.1) is 18.9 Å². The van der Waals surface area contributed by atoms with Crippen LogP contribution in [0.5, 0.6) is 0 Å². The van der Waals surface area contributed by atoms with Crippen LogP contribution in [-0.4, -0.2) is 39.4 Å². The lowest BCUT2D eigenvalue weighted by Gasteiger charge is -2.08. The number of hydrogen-bond donors (Lipinski definition) is 2. The fraction of sp³-hybridized carbons (Fsp3) is 0.462. The van der Waals surface area contributed by atoms with Gasteiger partial charge in [-0.2, -0.15) is 0 Å². The monoisotopic (exact) mass is 288 g/mol. The highest BCUT2D eigenvalue weighted by Gasteiger charge is 2.18. The Morgan fingerprint density at radius 3 is 2.75 bits per heavy atom. The summed E-state index contributed by atoms with van der Waals surface area (Å²) in [6.45, 7) is 1.63. The first-order valence-corrected chi connectivity index (χ1v) is 6.16. The molecule has 5 nitrogen and oxygen atoms in total. The lowest BCUT2D eigenvalue weighted by atomic mass is 10.1. The normalized spacial score (nSPS) is 10.6. The van der Waals surface area contributed by atoms with Crippen LogP contribution in [0.25, 0.3) is 0 Å². The fourth-order valence-electron chi connectivity index (χ4n) is 1.49. The highest BCUT2D eigenvalue weighted by atomic mass is 19.1. The van der Waals surface area contributed by atoms with E-state index in [2.05, 4.69) is 5.32 Å². The Labute approximate surface area is 116 Å². The van der Waals surface area contributed by atoms with Crippen LogP contribution in [0, 0.1) is 11.6 Å². The van der Waals surface area contributed by atoms with Crippen molar-refractivity contribution in [3.05, 3.63) is 29.3 Å². The summed E-state index contributed by atoms with van der Waals surface area (Å²) in [7, 11) is 1.57. The van der Waals surface area contributed by atoms with Gasteiger partial charge in [-0.25, -0.2) is 8.78 Å². The van der Waals surface area contributed by atoms with Gasteiger partial charge in [-0.15, -0.1) is 0 Å². The van der Waals surface area contributed by atoms with Crippen molar-refractivity contribution < 1.29 is 23.0 Å². The number of anilines is 1. The van der Waals surface area contributed by atoms with Crippen LogP contribution in [0.3, 0.4) is 0 Å². The van der Waals surface area contributed by atoms with Crippen LogP contribution >= 0.6 is 0 Å². The molecule has 0 heterocycles. The van der Waals surface area contributed by atoms with Crippen LogP contribution in [0.1, 0.15) is 16.8 Å². The van der Waals surface area contributed by atoms with E-state index in [9.17, 15) is 13.6 Å². The molecule has 0 radical (unpaired) electrons. The van der Waals surface area contributed by atoms with Crippen LogP contribution < -0.4 is 11.1 Å². The average molecular weight is 288 g/mol. The van der Waals surface area contributed by atoms with Gasteiger partial charge in [0.25, 0.3) is 5.91 Å². The van der Waals surface area contributed by atoms with Crippen molar-refractivity contribution in [2.75, 3.05) is 39.2 Å². The number of hydrogen-bond acceptors (Lipinski definition) is 4. The number of amides is 1. The van der Waals surface area contributed by atoms with E-state index in [0.29, 0.717) is 26.2 Å². The molecular weight excluding hydrogens is 270 g/mol. The molecule has 7 heteroatoms. The summed E-state index contributed by atoms with van der Waals surface area (Å²) in [5.41, 5.74) is 4.37. The molecule has 1 aromatic carbocycles. The van der Waals surface area contributed by atoms with E-state index in [1.165, 1.54) is 0 Å². The maximum Gasteiger partial charge on any atom is 0.257 e. The Morgan fingerprint density at radius 2 is 2.05 bits per heavy atom. The van der Waals surface area contributed by atoms with Crippen LogP contribution in [0.2, 0.25) is 0 Å². The van der Waals surface area contributed by atoms with E-state index >= 15 is 0 Å². The summed E-state index contributed by atoms with van der Waals surface area (Å²) in [5, 5.41) is 2.41. The number of carbonyl (C=O) groups is 1. The largest absolute Gasteiger partial charge is 0.396 e. The molecule has 0 saturated carbocycles. The summed E-state index contributed by atoms with van der Waals surface area (Å²) in [6.07, 6.45) is 0.529. The zero-order valence-electron chi connectivity index (χ0n) is 11.2. The molecule has 1 amide bonds. The van der Waals surface area contributed by atoms with Gasteiger partial charge in [-0.1, -0.05) is 0 Å². The highest BCUT2D eigenvalue weighted by Crippen LogP contribution is 2.18. The number of ether oxygens (including phenoxy) is 2. The van der Waals surface area contributed by atoms with Crippen LogP contribution in [0.4, 0.5) is 14.5 Å². The van der Waals surface area contributed by atoms with Crippen molar-refractivity contribution in [1.29, 1.82) is 0 Å². The molecule has 3 N–H and O–H groups in total. The standard InChI is InChI=1S/C13H18F2N2O3/c1-19-7-8-20-6-2-5-17-13(18)11-9(14)3-4-10(16)12(11)15/h3-4H,2,5-8,16H2,1H3,(H,17,18). The highest BCUT2D eigenvalue weighted by molar-refractivity contribution is 5.95. The van der Waals surface area contributed by atoms with Gasteiger partial charge in [0.15, 0.2) is 5.82 Å². The number of nitrogens with two attached hydrogens (primary N) is 1. The Bertz CT molecular complexity index is 455. The molecule has 0 unspecified atom stereocenters. The van der Waals surface area contributed by atoms with Gasteiger partial charge in [0.1, 0.15) is 11.4 Å². The average Bonchev–Trinajstić information content (AvgIpc) is 2.42. The maximum absolute atomic E-state index is 13.6. The molecule has 0 spiro atoms. The molecule has 112 valence electrons. The summed E-state index contributed by atoms with van der Waals surface area (Å²) in [4.78, 5) is 11.7. The zero-order chi connectivity index (χ0) is 15.0. The first-order valence-electron chi connectivity index (χ1n) is 6.16. The fourth-order valence-corrected chi connectivity index (χ4v) is 1.49. The number of benzene rings is 1. The second kappa shape index (κ2) is 8.44. The van der Waals surface area contributed by atoms with Gasteiger partial charge >= 0.3 is 0 Å². The van der Waals surface area contributed by atoms with Gasteiger partial charge in [0.2, 0.25) is 0 Å². The summed E-state index contributed by atoms with van der Waals surface area (Å²) < 4.78 is 36.9. The maximum atomic E-state index is 13.6. The van der Waals surface area contributed by atoms with Crippen molar-refractivity contribution in [2.24, 2.45) is 0 Å². The summed E-state index contributed by atoms with van der Waals surface area (Å²) in [6, 6.07) is 2.03. The SMILES string of the molecule is COCCOCCCNC(=O)c1c(F)ccc(N)c1F. The smallest absolute Gasteiger partial charge is 0.257 e. The Morgan fingerprint density at radius 1 is 1.30 bits per heavy atom. The van der Waals surface area contributed by atoms with Gasteiger partial charge in [-0.05, 0) is 18.6 Å². The quantitative estimate of drug-likeness (QED) is 0.559. The Balaban J connectivity index is 2.38. The van der Waals surface area contributed by atoms with E-state index in [-0.39, 0.29) is 12.2 Å². The van der Waals surface area contributed by atoms with Gasteiger partial charge in [0, 0.05) is 20.3 Å². The molecule has 0 fully saturated rings. The number of nitrogen functional groups attached to an aromatic ring is 1. The molecule has 0 bridgehead atoms. The minimum Gasteiger partial charge on any atom is -0.396 e. The predicted molar refractivity (Wildman–Crippen MR) is 70.4 cm³/mol. The number of nitrogens with one attached hydrogen (secondary N) is 1. The van der Waals surface area contributed by atoms with Crippen molar-refractivity contribution in [3.63, 3.8) is 0 Å². The van der Waals surface area contributed by atoms with Crippen LogP contribution in [0.15, 0.2) is 12.1 Å². The molecular formula is C13H18F2N2O3.